The highest BCUT2D eigenvalue weighted by Gasteiger charge is 2.50. The molecular formula is C8H13N3O4. The molecule has 84 valence electrons. The number of rotatable bonds is 1. The van der Waals surface area contributed by atoms with E-state index in [1.165, 1.54) is 0 Å². The zero-order chi connectivity index (χ0) is 11.1. The molecule has 0 bridgehead atoms. The monoisotopic (exact) mass is 215 g/mol. The van der Waals surface area contributed by atoms with Crippen molar-refractivity contribution >= 4 is 0 Å². The molecular weight excluding hydrogens is 202 g/mol. The van der Waals surface area contributed by atoms with Crippen LogP contribution < -0.4 is 0 Å². The van der Waals surface area contributed by atoms with Crippen LogP contribution in [-0.2, 0) is 14.2 Å². The van der Waals surface area contributed by atoms with Crippen molar-refractivity contribution in [3.05, 3.63) is 10.4 Å². The predicted octanol–water partition coefficient (Wildman–Crippen LogP) is 0.534. The lowest BCUT2D eigenvalue weighted by molar-refractivity contribution is -0.197. The highest BCUT2D eigenvalue weighted by Crippen LogP contribution is 2.34. The van der Waals surface area contributed by atoms with Gasteiger partial charge < -0.3 is 19.3 Å². The van der Waals surface area contributed by atoms with Crippen molar-refractivity contribution in [3.63, 3.8) is 0 Å². The van der Waals surface area contributed by atoms with Gasteiger partial charge in [-0.2, -0.15) is 0 Å². The molecule has 0 aromatic heterocycles. The average molecular weight is 215 g/mol. The summed E-state index contributed by atoms with van der Waals surface area (Å²) in [7, 11) is 0. The lowest BCUT2D eigenvalue weighted by Crippen LogP contribution is -2.50. The number of aliphatic hydroxyl groups is 1. The lowest BCUT2D eigenvalue weighted by Gasteiger charge is -2.31. The minimum atomic E-state index is -0.888. The average Bonchev–Trinajstić information content (AvgIpc) is 2.46. The summed E-state index contributed by atoms with van der Waals surface area (Å²) in [6.07, 6.45) is -2.06. The topological polar surface area (TPSA) is 96.7 Å². The maximum atomic E-state index is 9.85. The predicted molar refractivity (Wildman–Crippen MR) is 48.7 cm³/mol. The van der Waals surface area contributed by atoms with Crippen LogP contribution in [-0.4, -0.2) is 42.0 Å². The standard InChI is InChI=1S/C8H13N3O4/c1-8(2)14-6-5(12)4(10-11-9)3-13-7(6)15-8/h4-7,12H,3H2,1-2H3/t4-,5-,6-,7-/m1/s1. The van der Waals surface area contributed by atoms with Gasteiger partial charge in [0.2, 0.25) is 0 Å². The first-order chi connectivity index (χ1) is 7.03. The van der Waals surface area contributed by atoms with E-state index in [0.717, 1.165) is 0 Å². The molecule has 2 aliphatic rings. The van der Waals surface area contributed by atoms with Gasteiger partial charge in [0.15, 0.2) is 12.1 Å². The van der Waals surface area contributed by atoms with Crippen LogP contribution in [0.4, 0.5) is 0 Å². The van der Waals surface area contributed by atoms with Gasteiger partial charge in [-0.05, 0) is 19.4 Å². The first-order valence-corrected chi connectivity index (χ1v) is 4.73. The van der Waals surface area contributed by atoms with Crippen molar-refractivity contribution in [3.8, 4) is 0 Å². The Morgan fingerprint density at radius 1 is 1.47 bits per heavy atom. The molecule has 0 saturated carbocycles. The molecule has 2 aliphatic heterocycles. The van der Waals surface area contributed by atoms with Crippen LogP contribution in [0, 0.1) is 0 Å². The molecule has 4 atom stereocenters. The van der Waals surface area contributed by atoms with E-state index in [1.54, 1.807) is 13.8 Å². The Bertz CT molecular complexity index is 302. The van der Waals surface area contributed by atoms with Crippen LogP contribution in [0.1, 0.15) is 13.8 Å². The molecule has 7 heteroatoms. The molecule has 0 aromatic rings. The van der Waals surface area contributed by atoms with Crippen LogP contribution in [0.15, 0.2) is 5.11 Å². The van der Waals surface area contributed by atoms with Crippen LogP contribution >= 0.6 is 0 Å². The number of hydrogen-bond donors (Lipinski definition) is 1. The summed E-state index contributed by atoms with van der Waals surface area (Å²) in [5, 5.41) is 13.3. The van der Waals surface area contributed by atoms with E-state index in [-0.39, 0.29) is 6.61 Å². The minimum Gasteiger partial charge on any atom is -0.390 e. The molecule has 2 fully saturated rings. The second kappa shape index (κ2) is 3.62. The molecule has 0 spiro atoms. The largest absolute Gasteiger partial charge is 0.390 e. The van der Waals surface area contributed by atoms with Crippen molar-refractivity contribution in [2.75, 3.05) is 6.61 Å². The molecule has 1 N–H and O–H groups in total. The van der Waals surface area contributed by atoms with E-state index < -0.39 is 30.3 Å². The van der Waals surface area contributed by atoms with Crippen molar-refractivity contribution in [1.29, 1.82) is 0 Å². The van der Waals surface area contributed by atoms with Crippen molar-refractivity contribution in [2.45, 2.75) is 44.2 Å². The number of nitrogens with zero attached hydrogens (tertiary/aromatic N) is 3. The summed E-state index contributed by atoms with van der Waals surface area (Å²) >= 11 is 0. The van der Waals surface area contributed by atoms with E-state index >= 15 is 0 Å². The smallest absolute Gasteiger partial charge is 0.189 e. The highest BCUT2D eigenvalue weighted by molar-refractivity contribution is 4.92. The van der Waals surface area contributed by atoms with Gasteiger partial charge in [-0.1, -0.05) is 5.11 Å². The van der Waals surface area contributed by atoms with Crippen LogP contribution in [0.2, 0.25) is 0 Å². The molecule has 7 nitrogen and oxygen atoms in total. The number of azide groups is 1. The Kier molecular flexibility index (Phi) is 2.57. The van der Waals surface area contributed by atoms with Gasteiger partial charge in [-0.3, -0.25) is 0 Å². The number of hydrogen-bond acceptors (Lipinski definition) is 5. The van der Waals surface area contributed by atoms with Crippen LogP contribution in [0.3, 0.4) is 0 Å². The van der Waals surface area contributed by atoms with Crippen molar-refractivity contribution < 1.29 is 19.3 Å². The molecule has 0 unspecified atom stereocenters. The SMILES string of the molecule is CC1(C)O[C@H]2OC[C@@H](N=[N+]=[N-])[C@@H](O)[C@H]2O1. The van der Waals surface area contributed by atoms with E-state index in [2.05, 4.69) is 10.0 Å². The number of fused-ring (bicyclic) bond motifs is 1. The molecule has 2 rings (SSSR count). The van der Waals surface area contributed by atoms with E-state index in [1.807, 2.05) is 0 Å². The molecule has 0 aromatic carbocycles. The van der Waals surface area contributed by atoms with Gasteiger partial charge in [0.05, 0.1) is 18.8 Å². The fraction of sp³-hybridized carbons (Fsp3) is 1.00. The second-order valence-corrected chi connectivity index (χ2v) is 4.06. The molecule has 2 saturated heterocycles. The first kappa shape index (κ1) is 10.7. The van der Waals surface area contributed by atoms with Gasteiger partial charge in [-0.15, -0.1) is 0 Å². The third-order valence-corrected chi connectivity index (χ3v) is 2.45. The van der Waals surface area contributed by atoms with Gasteiger partial charge >= 0.3 is 0 Å². The van der Waals surface area contributed by atoms with E-state index in [4.69, 9.17) is 19.7 Å². The fourth-order valence-electron chi connectivity index (χ4n) is 1.80. The molecule has 0 radical (unpaired) electrons. The third-order valence-electron chi connectivity index (χ3n) is 2.45. The quantitative estimate of drug-likeness (QED) is 0.392. The maximum Gasteiger partial charge on any atom is 0.189 e. The Hall–Kier alpha value is -0.850. The summed E-state index contributed by atoms with van der Waals surface area (Å²) in [4.78, 5) is 2.65. The fourth-order valence-corrected chi connectivity index (χ4v) is 1.80. The van der Waals surface area contributed by atoms with Gasteiger partial charge in [0.1, 0.15) is 6.10 Å². The third kappa shape index (κ3) is 1.92. The number of aliphatic hydroxyl groups excluding tert-OH is 1. The van der Waals surface area contributed by atoms with Gasteiger partial charge in [-0.25, -0.2) is 0 Å². The first-order valence-electron chi connectivity index (χ1n) is 4.73. The zero-order valence-electron chi connectivity index (χ0n) is 8.53. The maximum absolute atomic E-state index is 9.85. The minimum absolute atomic E-state index is 0.145. The van der Waals surface area contributed by atoms with Gasteiger partial charge in [0, 0.05) is 4.91 Å². The van der Waals surface area contributed by atoms with E-state index in [0.29, 0.717) is 0 Å². The van der Waals surface area contributed by atoms with Crippen LogP contribution in [0.25, 0.3) is 10.4 Å². The molecule has 2 heterocycles. The summed E-state index contributed by atoms with van der Waals surface area (Å²) in [5.41, 5.74) is 8.30. The Balaban J connectivity index is 2.12. The second-order valence-electron chi connectivity index (χ2n) is 4.06. The zero-order valence-corrected chi connectivity index (χ0v) is 8.53. The Morgan fingerprint density at radius 2 is 2.20 bits per heavy atom. The highest BCUT2D eigenvalue weighted by atomic mass is 16.8. The molecule has 15 heavy (non-hydrogen) atoms. The summed E-state index contributed by atoms with van der Waals surface area (Å²) < 4.78 is 16.2. The van der Waals surface area contributed by atoms with Crippen molar-refractivity contribution in [2.24, 2.45) is 5.11 Å². The normalized spacial score (nSPS) is 43.1. The van der Waals surface area contributed by atoms with Crippen LogP contribution in [0.5, 0.6) is 0 Å². The Labute approximate surface area is 86.6 Å². The Morgan fingerprint density at radius 3 is 2.87 bits per heavy atom. The van der Waals surface area contributed by atoms with Gasteiger partial charge in [0.25, 0.3) is 0 Å². The molecule has 0 aliphatic carbocycles. The summed E-state index contributed by atoms with van der Waals surface area (Å²) in [6, 6.07) is -0.617. The van der Waals surface area contributed by atoms with E-state index in [9.17, 15) is 5.11 Å². The lowest BCUT2D eigenvalue weighted by atomic mass is 10.0. The summed E-state index contributed by atoms with van der Waals surface area (Å²) in [6.45, 7) is 3.62. The molecule has 0 amide bonds. The summed E-state index contributed by atoms with van der Waals surface area (Å²) in [5.74, 6) is -0.776. The van der Waals surface area contributed by atoms with Crippen molar-refractivity contribution in [1.82, 2.24) is 0 Å². The number of ether oxygens (including phenoxy) is 3.